The van der Waals surface area contributed by atoms with E-state index in [1.807, 2.05) is 6.07 Å². The number of aromatic amines is 1. The lowest BCUT2D eigenvalue weighted by Gasteiger charge is -2.17. The number of H-pyrrole nitrogens is 1. The van der Waals surface area contributed by atoms with E-state index in [2.05, 4.69) is 10.3 Å². The Hall–Kier alpha value is -1.99. The van der Waals surface area contributed by atoms with Gasteiger partial charge in [0.25, 0.3) is 5.56 Å². The number of hydrogen-bond acceptors (Lipinski definition) is 4. The minimum Gasteiger partial charge on any atom is -0.383 e. The van der Waals surface area contributed by atoms with Gasteiger partial charge in [0.1, 0.15) is 6.54 Å². The number of para-hydroxylation sites is 1. The molecule has 1 aromatic carbocycles. The van der Waals surface area contributed by atoms with Crippen LogP contribution in [-0.4, -0.2) is 35.2 Å². The molecular formula is C16H19N3O3S. The fourth-order valence-corrected chi connectivity index (χ4v) is 2.97. The first kappa shape index (κ1) is 15.9. The second-order valence-electron chi connectivity index (χ2n) is 5.83. The average Bonchev–Trinajstić information content (AvgIpc) is 3.36. The summed E-state index contributed by atoms with van der Waals surface area (Å²) in [6.07, 6.45) is 2.20. The molecule has 1 unspecified atom stereocenters. The number of amides is 1. The van der Waals surface area contributed by atoms with E-state index >= 15 is 0 Å². The molecule has 1 atom stereocenters. The van der Waals surface area contributed by atoms with Crippen LogP contribution >= 0.6 is 12.2 Å². The number of aromatic nitrogens is 2. The molecular weight excluding hydrogens is 314 g/mol. The SMILES string of the molecule is COCC(NC(=O)Cn1c(=S)[nH]c2ccccc2c1=O)C1CC1. The van der Waals surface area contributed by atoms with Crippen molar-refractivity contribution in [2.45, 2.75) is 25.4 Å². The molecule has 0 saturated heterocycles. The molecule has 7 heteroatoms. The Balaban J connectivity index is 1.82. The van der Waals surface area contributed by atoms with Crippen LogP contribution in [0.25, 0.3) is 10.9 Å². The highest BCUT2D eigenvalue weighted by Crippen LogP contribution is 2.32. The van der Waals surface area contributed by atoms with Gasteiger partial charge < -0.3 is 15.0 Å². The number of hydrogen-bond donors (Lipinski definition) is 2. The topological polar surface area (TPSA) is 76.1 Å². The van der Waals surface area contributed by atoms with Crippen molar-refractivity contribution in [2.24, 2.45) is 5.92 Å². The molecule has 1 amide bonds. The molecule has 2 aromatic rings. The molecule has 0 spiro atoms. The van der Waals surface area contributed by atoms with Crippen LogP contribution in [0.3, 0.4) is 0 Å². The summed E-state index contributed by atoms with van der Waals surface area (Å²) in [5.74, 6) is 0.248. The first-order chi connectivity index (χ1) is 11.1. The van der Waals surface area contributed by atoms with E-state index in [0.29, 0.717) is 23.4 Å². The van der Waals surface area contributed by atoms with E-state index < -0.39 is 0 Å². The quantitative estimate of drug-likeness (QED) is 0.787. The number of methoxy groups -OCH3 is 1. The van der Waals surface area contributed by atoms with Gasteiger partial charge in [-0.25, -0.2) is 0 Å². The van der Waals surface area contributed by atoms with Crippen LogP contribution in [0, 0.1) is 10.7 Å². The number of nitrogens with zero attached hydrogens (tertiary/aromatic N) is 1. The minimum atomic E-state index is -0.255. The van der Waals surface area contributed by atoms with Crippen LogP contribution in [0.15, 0.2) is 29.1 Å². The molecule has 6 nitrogen and oxygen atoms in total. The van der Waals surface area contributed by atoms with Gasteiger partial charge in [0, 0.05) is 7.11 Å². The first-order valence-electron chi connectivity index (χ1n) is 7.60. The van der Waals surface area contributed by atoms with Crippen LogP contribution < -0.4 is 10.9 Å². The maximum Gasteiger partial charge on any atom is 0.262 e. The number of carbonyl (C=O) groups is 1. The maximum atomic E-state index is 12.5. The molecule has 0 aliphatic heterocycles. The van der Waals surface area contributed by atoms with Crippen LogP contribution in [0.1, 0.15) is 12.8 Å². The van der Waals surface area contributed by atoms with Crippen LogP contribution in [0.4, 0.5) is 0 Å². The highest BCUT2D eigenvalue weighted by molar-refractivity contribution is 7.71. The van der Waals surface area contributed by atoms with E-state index in [1.54, 1.807) is 25.3 Å². The summed E-state index contributed by atoms with van der Waals surface area (Å²) < 4.78 is 6.70. The molecule has 2 N–H and O–H groups in total. The maximum absolute atomic E-state index is 12.5. The van der Waals surface area contributed by atoms with Gasteiger partial charge in [-0.3, -0.25) is 14.2 Å². The van der Waals surface area contributed by atoms with E-state index in [0.717, 1.165) is 12.8 Å². The molecule has 3 rings (SSSR count). The lowest BCUT2D eigenvalue weighted by Crippen LogP contribution is -2.42. The fraction of sp³-hybridized carbons (Fsp3) is 0.438. The van der Waals surface area contributed by atoms with Crippen molar-refractivity contribution in [3.63, 3.8) is 0 Å². The van der Waals surface area contributed by atoms with Crippen molar-refractivity contribution >= 4 is 29.0 Å². The summed E-state index contributed by atoms with van der Waals surface area (Å²) in [6, 6.07) is 7.12. The predicted octanol–water partition coefficient (Wildman–Crippen LogP) is 1.60. The van der Waals surface area contributed by atoms with Crippen molar-refractivity contribution in [3.05, 3.63) is 39.4 Å². The second-order valence-corrected chi connectivity index (χ2v) is 6.22. The van der Waals surface area contributed by atoms with E-state index in [4.69, 9.17) is 17.0 Å². The zero-order valence-electron chi connectivity index (χ0n) is 12.9. The zero-order chi connectivity index (χ0) is 16.4. The standard InChI is InChI=1S/C16H19N3O3S/c1-22-9-13(10-6-7-10)17-14(20)8-19-15(21)11-4-2-3-5-12(11)18-16(19)23/h2-5,10,13H,6-9H2,1H3,(H,17,20)(H,18,23). The van der Waals surface area contributed by atoms with Gasteiger partial charge in [0.05, 0.1) is 23.6 Å². The van der Waals surface area contributed by atoms with Gasteiger partial charge in [-0.1, -0.05) is 12.1 Å². The van der Waals surface area contributed by atoms with Crippen LogP contribution in [0.2, 0.25) is 0 Å². The Bertz CT molecular complexity index is 838. The number of carbonyl (C=O) groups excluding carboxylic acids is 1. The largest absolute Gasteiger partial charge is 0.383 e. The Labute approximate surface area is 138 Å². The van der Waals surface area contributed by atoms with Gasteiger partial charge in [-0.2, -0.15) is 0 Å². The summed E-state index contributed by atoms with van der Waals surface area (Å²) in [4.78, 5) is 27.8. The lowest BCUT2D eigenvalue weighted by molar-refractivity contribution is -0.123. The van der Waals surface area contributed by atoms with Crippen LogP contribution in [0.5, 0.6) is 0 Å². The third-order valence-corrected chi connectivity index (χ3v) is 4.40. The van der Waals surface area contributed by atoms with E-state index in [9.17, 15) is 9.59 Å². The lowest BCUT2D eigenvalue weighted by atomic mass is 10.2. The molecule has 1 aliphatic rings. The minimum absolute atomic E-state index is 0.00112. The Morgan fingerprint density at radius 1 is 1.48 bits per heavy atom. The number of ether oxygens (including phenoxy) is 1. The molecule has 0 bridgehead atoms. The summed E-state index contributed by atoms with van der Waals surface area (Å²) >= 11 is 5.22. The molecule has 1 heterocycles. The zero-order valence-corrected chi connectivity index (χ0v) is 13.7. The molecule has 1 aliphatic carbocycles. The van der Waals surface area contributed by atoms with Crippen molar-refractivity contribution in [1.82, 2.24) is 14.9 Å². The van der Waals surface area contributed by atoms with Crippen molar-refractivity contribution in [1.29, 1.82) is 0 Å². The fourth-order valence-electron chi connectivity index (χ4n) is 2.71. The highest BCUT2D eigenvalue weighted by Gasteiger charge is 2.32. The number of fused-ring (bicyclic) bond motifs is 1. The summed E-state index contributed by atoms with van der Waals surface area (Å²) in [7, 11) is 1.62. The summed E-state index contributed by atoms with van der Waals surface area (Å²) in [5, 5.41) is 3.47. The van der Waals surface area contributed by atoms with Gasteiger partial charge in [0.15, 0.2) is 4.77 Å². The Kier molecular flexibility index (Phi) is 4.58. The van der Waals surface area contributed by atoms with Gasteiger partial charge in [-0.15, -0.1) is 0 Å². The molecule has 23 heavy (non-hydrogen) atoms. The van der Waals surface area contributed by atoms with Crippen molar-refractivity contribution < 1.29 is 9.53 Å². The number of benzene rings is 1. The highest BCUT2D eigenvalue weighted by atomic mass is 32.1. The molecule has 1 saturated carbocycles. The normalized spacial score (nSPS) is 15.5. The summed E-state index contributed by atoms with van der Waals surface area (Å²) in [6.45, 7) is 0.391. The summed E-state index contributed by atoms with van der Waals surface area (Å²) in [5.41, 5.74) is 0.420. The van der Waals surface area contributed by atoms with Crippen LogP contribution in [-0.2, 0) is 16.1 Å². The number of rotatable bonds is 6. The average molecular weight is 333 g/mol. The molecule has 1 fully saturated rings. The van der Waals surface area contributed by atoms with Gasteiger partial charge in [-0.05, 0) is 43.1 Å². The molecule has 1 aromatic heterocycles. The van der Waals surface area contributed by atoms with E-state index in [-0.39, 0.29) is 28.8 Å². The molecule has 122 valence electrons. The third kappa shape index (κ3) is 3.51. The Morgan fingerprint density at radius 2 is 2.22 bits per heavy atom. The smallest absolute Gasteiger partial charge is 0.262 e. The van der Waals surface area contributed by atoms with Crippen molar-refractivity contribution in [3.8, 4) is 0 Å². The predicted molar refractivity (Wildman–Crippen MR) is 89.9 cm³/mol. The Morgan fingerprint density at radius 3 is 2.91 bits per heavy atom. The van der Waals surface area contributed by atoms with Crippen molar-refractivity contribution in [2.75, 3.05) is 13.7 Å². The monoisotopic (exact) mass is 333 g/mol. The second kappa shape index (κ2) is 6.64. The molecule has 0 radical (unpaired) electrons. The van der Waals surface area contributed by atoms with Gasteiger partial charge >= 0.3 is 0 Å². The number of nitrogens with one attached hydrogen (secondary N) is 2. The first-order valence-corrected chi connectivity index (χ1v) is 8.01. The van der Waals surface area contributed by atoms with Gasteiger partial charge in [0.2, 0.25) is 5.91 Å². The van der Waals surface area contributed by atoms with E-state index in [1.165, 1.54) is 4.57 Å². The third-order valence-electron chi connectivity index (χ3n) is 4.07.